The van der Waals surface area contributed by atoms with Gasteiger partial charge in [0.2, 0.25) is 0 Å². The zero-order valence-corrected chi connectivity index (χ0v) is 18.7. The SMILES string of the molecule is CCCC[c-]1cccc1CCC.CCCC[c-]1cccc1CCC.[Mg+2]. The van der Waals surface area contributed by atoms with Gasteiger partial charge >= 0.3 is 23.1 Å². The van der Waals surface area contributed by atoms with Crippen molar-refractivity contribution in [3.63, 3.8) is 0 Å². The monoisotopic (exact) mass is 350 g/mol. The van der Waals surface area contributed by atoms with E-state index in [1.165, 1.54) is 64.2 Å². The van der Waals surface area contributed by atoms with Gasteiger partial charge in [0.15, 0.2) is 0 Å². The van der Waals surface area contributed by atoms with E-state index in [1.54, 1.807) is 22.3 Å². The Hall–Kier alpha value is -0.534. The van der Waals surface area contributed by atoms with Crippen LogP contribution < -0.4 is 0 Å². The Balaban J connectivity index is 0.000000443. The Bertz CT molecular complexity index is 469. The summed E-state index contributed by atoms with van der Waals surface area (Å²) in [5.74, 6) is 0. The first-order valence-corrected chi connectivity index (χ1v) is 10.2. The molecular weight excluding hydrogens is 313 g/mol. The molecule has 0 saturated carbocycles. The molecule has 25 heavy (non-hydrogen) atoms. The number of hydrogen-bond donors (Lipinski definition) is 0. The van der Waals surface area contributed by atoms with E-state index < -0.39 is 0 Å². The number of hydrogen-bond acceptors (Lipinski definition) is 0. The fourth-order valence-corrected chi connectivity index (χ4v) is 3.24. The van der Waals surface area contributed by atoms with Crippen molar-refractivity contribution in [1.82, 2.24) is 0 Å². The van der Waals surface area contributed by atoms with Crippen LogP contribution in [0.4, 0.5) is 0 Å². The van der Waals surface area contributed by atoms with Gasteiger partial charge in [-0.25, -0.2) is 24.3 Å². The van der Waals surface area contributed by atoms with Crippen molar-refractivity contribution in [1.29, 1.82) is 0 Å². The molecule has 0 saturated heterocycles. The molecule has 2 aromatic rings. The molecule has 0 aliphatic rings. The van der Waals surface area contributed by atoms with Crippen LogP contribution in [0.2, 0.25) is 0 Å². The zero-order chi connectivity index (χ0) is 17.6. The molecule has 2 aromatic carbocycles. The van der Waals surface area contributed by atoms with Gasteiger partial charge in [0.05, 0.1) is 0 Å². The van der Waals surface area contributed by atoms with E-state index in [-0.39, 0.29) is 23.1 Å². The van der Waals surface area contributed by atoms with Crippen molar-refractivity contribution in [3.05, 3.63) is 58.7 Å². The summed E-state index contributed by atoms with van der Waals surface area (Å²) in [4.78, 5) is 0. The maximum Gasteiger partial charge on any atom is 2.00 e. The molecule has 1 heteroatoms. The summed E-state index contributed by atoms with van der Waals surface area (Å²) >= 11 is 0. The standard InChI is InChI=1S/2C12H19.Mg/c2*1-3-5-8-12-10-6-9-11(12)7-4-2;/h2*6,9-10H,3-5,7-8H2,1-2H3;/q2*-1;+2. The summed E-state index contributed by atoms with van der Waals surface area (Å²) in [7, 11) is 0. The summed E-state index contributed by atoms with van der Waals surface area (Å²) in [5, 5.41) is 0. The maximum absolute atomic E-state index is 2.28. The van der Waals surface area contributed by atoms with E-state index in [0.717, 1.165) is 0 Å². The Labute approximate surface area is 173 Å². The van der Waals surface area contributed by atoms with E-state index >= 15 is 0 Å². The fourth-order valence-electron chi connectivity index (χ4n) is 3.24. The Morgan fingerprint density at radius 3 is 1.36 bits per heavy atom. The minimum absolute atomic E-state index is 0. The molecule has 136 valence electrons. The summed E-state index contributed by atoms with van der Waals surface area (Å²) in [6.07, 6.45) is 12.9. The van der Waals surface area contributed by atoms with Gasteiger partial charge in [0, 0.05) is 0 Å². The van der Waals surface area contributed by atoms with Gasteiger partial charge in [-0.1, -0.05) is 91.9 Å². The van der Waals surface area contributed by atoms with Crippen LogP contribution in [0.3, 0.4) is 0 Å². The fraction of sp³-hybridized carbons (Fsp3) is 0.583. The number of unbranched alkanes of at least 4 members (excludes halogenated alkanes) is 2. The number of aryl methyl sites for hydroxylation is 4. The largest absolute Gasteiger partial charge is 2.00 e. The summed E-state index contributed by atoms with van der Waals surface area (Å²) in [6, 6.07) is 13.5. The summed E-state index contributed by atoms with van der Waals surface area (Å²) in [6.45, 7) is 9.00. The molecule has 0 bridgehead atoms. The Kier molecular flexibility index (Phi) is 15.4. The third-order valence-corrected chi connectivity index (χ3v) is 4.65. The van der Waals surface area contributed by atoms with Gasteiger partial charge in [0.25, 0.3) is 0 Å². The van der Waals surface area contributed by atoms with E-state index in [0.29, 0.717) is 0 Å². The van der Waals surface area contributed by atoms with Crippen LogP contribution >= 0.6 is 0 Å². The van der Waals surface area contributed by atoms with Gasteiger partial charge < -0.3 is 0 Å². The number of rotatable bonds is 10. The first-order chi connectivity index (χ1) is 11.8. The van der Waals surface area contributed by atoms with Crippen LogP contribution in [0.1, 0.15) is 88.5 Å². The first kappa shape index (κ1) is 24.5. The van der Waals surface area contributed by atoms with E-state index in [1.807, 2.05) is 0 Å². The Morgan fingerprint density at radius 2 is 1.04 bits per heavy atom. The maximum atomic E-state index is 2.28. The molecule has 2 rings (SSSR count). The minimum Gasteiger partial charge on any atom is -0.213 e. The predicted octanol–water partition coefficient (Wildman–Crippen LogP) is 7.02. The third-order valence-electron chi connectivity index (χ3n) is 4.65. The molecule has 0 atom stereocenters. The smallest absolute Gasteiger partial charge is 0.213 e. The van der Waals surface area contributed by atoms with Crippen LogP contribution in [0, 0.1) is 0 Å². The molecule has 0 aliphatic heterocycles. The van der Waals surface area contributed by atoms with Crippen molar-refractivity contribution < 1.29 is 0 Å². The van der Waals surface area contributed by atoms with Gasteiger partial charge in [-0.3, -0.25) is 0 Å². The summed E-state index contributed by atoms with van der Waals surface area (Å²) < 4.78 is 0. The zero-order valence-electron chi connectivity index (χ0n) is 17.2. The van der Waals surface area contributed by atoms with E-state index in [9.17, 15) is 0 Å². The third kappa shape index (κ3) is 9.65. The van der Waals surface area contributed by atoms with Crippen molar-refractivity contribution in [3.8, 4) is 0 Å². The second kappa shape index (κ2) is 15.7. The molecular formula is C24H38Mg. The second-order valence-electron chi connectivity index (χ2n) is 6.86. The molecule has 0 N–H and O–H groups in total. The molecule has 0 heterocycles. The van der Waals surface area contributed by atoms with E-state index in [4.69, 9.17) is 0 Å². The normalized spacial score (nSPS) is 10.1. The van der Waals surface area contributed by atoms with Gasteiger partial charge in [0.1, 0.15) is 0 Å². The van der Waals surface area contributed by atoms with Gasteiger partial charge in [-0.05, 0) is 0 Å². The average Bonchev–Trinajstić information content (AvgIpc) is 3.22. The second-order valence-corrected chi connectivity index (χ2v) is 6.86. The molecule has 0 amide bonds. The average molecular weight is 351 g/mol. The molecule has 0 aliphatic carbocycles. The quantitative estimate of drug-likeness (QED) is 0.319. The van der Waals surface area contributed by atoms with Crippen LogP contribution in [-0.2, 0) is 25.7 Å². The molecule has 0 nitrogen and oxygen atoms in total. The summed E-state index contributed by atoms with van der Waals surface area (Å²) in [5.41, 5.74) is 6.31. The first-order valence-electron chi connectivity index (χ1n) is 10.2. The van der Waals surface area contributed by atoms with Crippen LogP contribution in [0.25, 0.3) is 0 Å². The van der Waals surface area contributed by atoms with Gasteiger partial charge in [-0.2, -0.15) is 34.4 Å². The molecule has 0 aromatic heterocycles. The molecule has 0 fully saturated rings. The molecule has 0 spiro atoms. The minimum atomic E-state index is 0. The van der Waals surface area contributed by atoms with Crippen LogP contribution in [-0.4, -0.2) is 23.1 Å². The molecule has 0 unspecified atom stereocenters. The van der Waals surface area contributed by atoms with Crippen LogP contribution in [0.15, 0.2) is 36.4 Å². The van der Waals surface area contributed by atoms with Gasteiger partial charge in [-0.15, -0.1) is 0 Å². The van der Waals surface area contributed by atoms with E-state index in [2.05, 4.69) is 64.1 Å². The Morgan fingerprint density at radius 1 is 0.640 bits per heavy atom. The van der Waals surface area contributed by atoms with Crippen molar-refractivity contribution in [2.24, 2.45) is 0 Å². The topological polar surface area (TPSA) is 0 Å². The van der Waals surface area contributed by atoms with Crippen molar-refractivity contribution in [2.45, 2.75) is 91.9 Å². The predicted molar refractivity (Wildman–Crippen MR) is 115 cm³/mol. The van der Waals surface area contributed by atoms with Crippen LogP contribution in [0.5, 0.6) is 0 Å². The van der Waals surface area contributed by atoms with Crippen molar-refractivity contribution in [2.75, 3.05) is 0 Å². The van der Waals surface area contributed by atoms with Crippen molar-refractivity contribution >= 4 is 23.1 Å². The molecule has 0 radical (unpaired) electrons.